The van der Waals surface area contributed by atoms with Crippen molar-refractivity contribution in [2.45, 2.75) is 19.9 Å². The Morgan fingerprint density at radius 2 is 2.40 bits per heavy atom. The normalized spacial score (nSPS) is 14.5. The number of aromatic nitrogens is 2. The zero-order valence-electron chi connectivity index (χ0n) is 8.99. The van der Waals surface area contributed by atoms with Crippen molar-refractivity contribution >= 4 is 17.1 Å². The van der Waals surface area contributed by atoms with Crippen LogP contribution in [0.15, 0.2) is 30.1 Å². The van der Waals surface area contributed by atoms with E-state index in [1.807, 2.05) is 26.1 Å². The first-order valence-electron chi connectivity index (χ1n) is 5.04. The Balaban J connectivity index is 2.49. The van der Waals surface area contributed by atoms with Crippen LogP contribution in [-0.4, -0.2) is 16.0 Å². The smallest absolute Gasteiger partial charge is 0.137 e. The van der Waals surface area contributed by atoms with Gasteiger partial charge in [-0.15, -0.1) is 0 Å². The average molecular weight is 201 g/mol. The summed E-state index contributed by atoms with van der Waals surface area (Å²) in [6, 6.07) is 4.08. The van der Waals surface area contributed by atoms with Gasteiger partial charge in [-0.3, -0.25) is 0 Å². The molecule has 0 amide bonds. The first-order chi connectivity index (χ1) is 7.18. The lowest BCUT2D eigenvalue weighted by molar-refractivity contribution is 0.868. The van der Waals surface area contributed by atoms with Crippen molar-refractivity contribution in [1.82, 2.24) is 9.97 Å². The summed E-state index contributed by atoms with van der Waals surface area (Å²) < 4.78 is 0. The van der Waals surface area contributed by atoms with E-state index in [2.05, 4.69) is 22.1 Å². The summed E-state index contributed by atoms with van der Waals surface area (Å²) in [6.07, 6.45) is 5.85. The average Bonchev–Trinajstić information content (AvgIpc) is 2.62. The number of H-pyrrole nitrogens is 1. The van der Waals surface area contributed by atoms with E-state index in [1.54, 1.807) is 6.20 Å². The van der Waals surface area contributed by atoms with Gasteiger partial charge < -0.3 is 10.7 Å². The maximum atomic E-state index is 5.80. The summed E-state index contributed by atoms with van der Waals surface area (Å²) in [5.41, 5.74) is 9.03. The molecular weight excluding hydrogens is 186 g/mol. The van der Waals surface area contributed by atoms with E-state index < -0.39 is 0 Å². The SMILES string of the molecule is C/C(=C\c1c[nH]c2ncccc12)C(C)N. The van der Waals surface area contributed by atoms with E-state index in [0.717, 1.165) is 16.6 Å². The molecule has 0 spiro atoms. The van der Waals surface area contributed by atoms with Crippen LogP contribution in [0.2, 0.25) is 0 Å². The van der Waals surface area contributed by atoms with Crippen LogP contribution in [0.1, 0.15) is 19.4 Å². The van der Waals surface area contributed by atoms with Crippen LogP contribution in [0.5, 0.6) is 0 Å². The van der Waals surface area contributed by atoms with Gasteiger partial charge in [-0.1, -0.05) is 11.6 Å². The van der Waals surface area contributed by atoms with Crippen molar-refractivity contribution in [3.8, 4) is 0 Å². The number of rotatable bonds is 2. The molecule has 1 atom stereocenters. The predicted molar refractivity (Wildman–Crippen MR) is 63.4 cm³/mol. The largest absolute Gasteiger partial charge is 0.346 e. The zero-order chi connectivity index (χ0) is 10.8. The molecule has 1 unspecified atom stereocenters. The first-order valence-corrected chi connectivity index (χ1v) is 5.04. The molecular formula is C12H15N3. The molecule has 0 aliphatic carbocycles. The van der Waals surface area contributed by atoms with Gasteiger partial charge in [0.1, 0.15) is 5.65 Å². The number of fused-ring (bicyclic) bond motifs is 1. The van der Waals surface area contributed by atoms with Crippen molar-refractivity contribution in [1.29, 1.82) is 0 Å². The van der Waals surface area contributed by atoms with Gasteiger partial charge >= 0.3 is 0 Å². The topological polar surface area (TPSA) is 54.7 Å². The molecule has 2 heterocycles. The summed E-state index contributed by atoms with van der Waals surface area (Å²) in [5, 5.41) is 1.14. The van der Waals surface area contributed by atoms with Crippen molar-refractivity contribution in [2.24, 2.45) is 5.73 Å². The van der Waals surface area contributed by atoms with Gasteiger partial charge in [-0.2, -0.15) is 0 Å². The highest BCUT2D eigenvalue weighted by Gasteiger charge is 2.03. The molecule has 0 aromatic carbocycles. The Morgan fingerprint density at radius 3 is 3.13 bits per heavy atom. The third kappa shape index (κ3) is 1.92. The summed E-state index contributed by atoms with van der Waals surface area (Å²) >= 11 is 0. The third-order valence-electron chi connectivity index (χ3n) is 2.58. The lowest BCUT2D eigenvalue weighted by Crippen LogP contribution is -2.15. The summed E-state index contributed by atoms with van der Waals surface area (Å²) in [7, 11) is 0. The first kappa shape index (κ1) is 9.93. The molecule has 2 aromatic rings. The van der Waals surface area contributed by atoms with Crippen molar-refractivity contribution in [3.05, 3.63) is 35.7 Å². The molecule has 0 aliphatic rings. The van der Waals surface area contributed by atoms with Crippen LogP contribution in [0.25, 0.3) is 17.1 Å². The van der Waals surface area contributed by atoms with Crippen molar-refractivity contribution in [3.63, 3.8) is 0 Å². The fourth-order valence-corrected chi connectivity index (χ4v) is 1.47. The Labute approximate surface area is 89.0 Å². The molecule has 78 valence electrons. The highest BCUT2D eigenvalue weighted by Crippen LogP contribution is 2.18. The molecule has 0 saturated carbocycles. The van der Waals surface area contributed by atoms with Crippen LogP contribution in [0.4, 0.5) is 0 Å². The second-order valence-electron chi connectivity index (χ2n) is 3.82. The van der Waals surface area contributed by atoms with Gasteiger partial charge in [0.15, 0.2) is 0 Å². The molecule has 0 radical (unpaired) electrons. The van der Waals surface area contributed by atoms with Crippen LogP contribution in [0.3, 0.4) is 0 Å². The van der Waals surface area contributed by atoms with E-state index in [4.69, 9.17) is 5.73 Å². The van der Waals surface area contributed by atoms with E-state index in [9.17, 15) is 0 Å². The van der Waals surface area contributed by atoms with Gasteiger partial charge in [0.2, 0.25) is 0 Å². The minimum atomic E-state index is 0.0895. The van der Waals surface area contributed by atoms with Gasteiger partial charge in [0, 0.05) is 29.4 Å². The Hall–Kier alpha value is -1.61. The highest BCUT2D eigenvalue weighted by molar-refractivity contribution is 5.86. The Kier molecular flexibility index (Phi) is 2.56. The number of hydrogen-bond acceptors (Lipinski definition) is 2. The highest BCUT2D eigenvalue weighted by atomic mass is 14.8. The maximum absolute atomic E-state index is 5.80. The van der Waals surface area contributed by atoms with Crippen molar-refractivity contribution in [2.75, 3.05) is 0 Å². The second-order valence-corrected chi connectivity index (χ2v) is 3.82. The van der Waals surface area contributed by atoms with Crippen LogP contribution < -0.4 is 5.73 Å². The zero-order valence-corrected chi connectivity index (χ0v) is 8.99. The lowest BCUT2D eigenvalue weighted by atomic mass is 10.1. The Bertz CT molecular complexity index is 494. The van der Waals surface area contributed by atoms with E-state index in [0.29, 0.717) is 0 Å². The summed E-state index contributed by atoms with van der Waals surface area (Å²) in [6.45, 7) is 4.03. The molecule has 0 bridgehead atoms. The number of pyridine rings is 1. The number of nitrogens with zero attached hydrogens (tertiary/aromatic N) is 1. The van der Waals surface area contributed by atoms with Gasteiger partial charge in [0.05, 0.1) is 0 Å². The lowest BCUT2D eigenvalue weighted by Gasteiger charge is -2.03. The summed E-state index contributed by atoms with van der Waals surface area (Å²) in [4.78, 5) is 7.37. The standard InChI is InChI=1S/C12H15N3/c1-8(9(2)13)6-10-7-15-12-11(10)4-3-5-14-12/h3-7,9H,13H2,1-2H3,(H,14,15)/b8-6+. The molecule has 3 heteroatoms. The molecule has 2 rings (SSSR count). The van der Waals surface area contributed by atoms with Crippen molar-refractivity contribution < 1.29 is 0 Å². The fraction of sp³-hybridized carbons (Fsp3) is 0.250. The molecule has 0 fully saturated rings. The molecule has 3 nitrogen and oxygen atoms in total. The number of nitrogens with two attached hydrogens (primary N) is 1. The summed E-state index contributed by atoms with van der Waals surface area (Å²) in [5.74, 6) is 0. The van der Waals surface area contributed by atoms with E-state index in [-0.39, 0.29) is 6.04 Å². The Morgan fingerprint density at radius 1 is 1.60 bits per heavy atom. The number of aromatic amines is 1. The second kappa shape index (κ2) is 3.87. The monoisotopic (exact) mass is 201 g/mol. The van der Waals surface area contributed by atoms with Crippen LogP contribution in [0, 0.1) is 0 Å². The number of nitrogens with one attached hydrogen (secondary N) is 1. The van der Waals surface area contributed by atoms with Crippen LogP contribution in [-0.2, 0) is 0 Å². The van der Waals surface area contributed by atoms with Gasteiger partial charge in [-0.25, -0.2) is 4.98 Å². The van der Waals surface area contributed by atoms with Crippen LogP contribution >= 0.6 is 0 Å². The molecule has 0 saturated heterocycles. The third-order valence-corrected chi connectivity index (χ3v) is 2.58. The molecule has 2 aromatic heterocycles. The quantitative estimate of drug-likeness (QED) is 0.783. The van der Waals surface area contributed by atoms with E-state index in [1.165, 1.54) is 5.57 Å². The predicted octanol–water partition coefficient (Wildman–Crippen LogP) is 2.31. The molecule has 3 N–H and O–H groups in total. The minimum absolute atomic E-state index is 0.0895. The minimum Gasteiger partial charge on any atom is -0.346 e. The number of hydrogen-bond donors (Lipinski definition) is 2. The molecule has 0 aliphatic heterocycles. The fourth-order valence-electron chi connectivity index (χ4n) is 1.47. The van der Waals surface area contributed by atoms with Gasteiger partial charge in [0.25, 0.3) is 0 Å². The maximum Gasteiger partial charge on any atom is 0.137 e. The van der Waals surface area contributed by atoms with E-state index >= 15 is 0 Å². The van der Waals surface area contributed by atoms with Gasteiger partial charge in [-0.05, 0) is 26.0 Å². The molecule has 15 heavy (non-hydrogen) atoms.